The summed E-state index contributed by atoms with van der Waals surface area (Å²) in [5.41, 5.74) is -2.66. The van der Waals surface area contributed by atoms with Crippen LogP contribution in [0.4, 0.5) is 0 Å². The van der Waals surface area contributed by atoms with E-state index in [4.69, 9.17) is 0 Å². The molecule has 6 N–H and O–H groups in total. The zero-order chi connectivity index (χ0) is 40.7. The maximum absolute atomic E-state index is 14.1. The lowest BCUT2D eigenvalue weighted by Crippen LogP contribution is -2.37. The van der Waals surface area contributed by atoms with Crippen LogP contribution in [0.2, 0.25) is 0 Å². The number of aliphatic carboxylic acids is 6. The van der Waals surface area contributed by atoms with Crippen molar-refractivity contribution in [3.8, 4) is 0 Å². The maximum atomic E-state index is 14.1. The van der Waals surface area contributed by atoms with Crippen molar-refractivity contribution in [2.24, 2.45) is 28.6 Å². The highest BCUT2D eigenvalue weighted by Gasteiger charge is 2.97. The maximum Gasteiger partial charge on any atom is 0.330 e. The molecule has 0 aliphatic heterocycles. The van der Waals surface area contributed by atoms with Gasteiger partial charge in [0.2, 0.25) is 10.8 Å². The molecule has 0 heterocycles. The van der Waals surface area contributed by atoms with Crippen LogP contribution in [0.25, 0.3) is 87.9 Å². The predicted octanol–water partition coefficient (Wildman–Crippen LogP) is 4.93. The molecule has 12 aliphatic carbocycles. The second kappa shape index (κ2) is 6.91. The van der Waals surface area contributed by atoms with Gasteiger partial charge in [-0.25, -0.2) is 0 Å². The Morgan fingerprint density at radius 2 is 1.07 bits per heavy atom. The Hall–Kier alpha value is -7.34. The van der Waals surface area contributed by atoms with Gasteiger partial charge in [-0.3, -0.25) is 28.8 Å². The van der Waals surface area contributed by atoms with Gasteiger partial charge in [-0.1, -0.05) is 36.5 Å². The quantitative estimate of drug-likeness (QED) is 0.0749. The number of carbonyl (C=O) groups is 6. The topological polar surface area (TPSA) is 224 Å². The summed E-state index contributed by atoms with van der Waals surface area (Å²) in [4.78, 5) is 82.6. The summed E-state index contributed by atoms with van der Waals surface area (Å²) in [6, 6.07) is 0. The van der Waals surface area contributed by atoms with E-state index in [1.165, 1.54) is 0 Å². The van der Waals surface area contributed by atoms with E-state index in [-0.39, 0.29) is 34.5 Å². The molecule has 12 heteroatoms. The van der Waals surface area contributed by atoms with Gasteiger partial charge in [-0.05, 0) is 154 Å². The number of allylic oxidation sites excluding steroid dienone is 4. The number of carboxylic acids is 6. The lowest BCUT2D eigenvalue weighted by Gasteiger charge is -2.38. The van der Waals surface area contributed by atoms with Crippen molar-refractivity contribution in [1.82, 2.24) is 0 Å². The number of hydrogen-bond donors (Lipinski definition) is 6. The highest BCUT2D eigenvalue weighted by Crippen LogP contribution is 2.90. The molecule has 286 valence electrons. The first kappa shape index (κ1) is 29.0. The highest BCUT2D eigenvalue weighted by atomic mass is 16.4. The van der Waals surface area contributed by atoms with E-state index in [0.717, 1.165) is 70.4 Å². The average Bonchev–Trinajstić information content (AvgIpc) is 3.87. The molecule has 0 bridgehead atoms. The Morgan fingerprint density at radius 3 is 1.72 bits per heavy atom. The first-order valence-corrected chi connectivity index (χ1v) is 20.5. The molecule has 7 aromatic carbocycles. The van der Waals surface area contributed by atoms with Gasteiger partial charge in [0.25, 0.3) is 0 Å². The molecular weight excluding hydrogens is 781 g/mol. The van der Waals surface area contributed by atoms with Gasteiger partial charge in [0.05, 0.1) is 10.8 Å². The van der Waals surface area contributed by atoms with Crippen molar-refractivity contribution in [3.63, 3.8) is 0 Å². The fraction of sp³-hybridized carbons (Fsp3) is 0.224. The van der Waals surface area contributed by atoms with E-state index in [0.29, 0.717) is 55.1 Å². The number of benzene rings is 4. The Bertz CT molecular complexity index is 4150. The first-order chi connectivity index (χ1) is 29.3. The second-order valence-electron chi connectivity index (χ2n) is 20.0. The number of carboxylic acid groups (broad SMARTS) is 6. The number of rotatable bonds is 6. The highest BCUT2D eigenvalue weighted by molar-refractivity contribution is 6.51. The van der Waals surface area contributed by atoms with Gasteiger partial charge < -0.3 is 30.6 Å². The lowest BCUT2D eigenvalue weighted by molar-refractivity contribution is -0.159. The molecule has 12 aliphatic rings. The Morgan fingerprint density at radius 1 is 0.475 bits per heavy atom. The summed E-state index contributed by atoms with van der Waals surface area (Å²) >= 11 is 0. The molecule has 0 radical (unpaired) electrons. The molecule has 0 aromatic heterocycles. The van der Waals surface area contributed by atoms with E-state index in [2.05, 4.69) is 12.2 Å². The molecule has 0 saturated heterocycles. The van der Waals surface area contributed by atoms with Gasteiger partial charge >= 0.3 is 35.8 Å². The molecule has 2 fully saturated rings. The largest absolute Gasteiger partial charge is 0.480 e. The normalized spacial score (nSPS) is 33.9. The minimum atomic E-state index is -2.41. The molecule has 19 rings (SSSR count). The van der Waals surface area contributed by atoms with Crippen molar-refractivity contribution in [2.45, 2.75) is 34.0 Å². The fourth-order valence-corrected chi connectivity index (χ4v) is 18.7. The summed E-state index contributed by atoms with van der Waals surface area (Å²) in [5, 5.41) is 77.8. The molecule has 2 spiro atoms. The zero-order valence-corrected chi connectivity index (χ0v) is 30.6. The summed E-state index contributed by atoms with van der Waals surface area (Å²) in [6.45, 7) is 0. The van der Waals surface area contributed by atoms with Crippen molar-refractivity contribution >= 4 is 124 Å². The lowest BCUT2D eigenvalue weighted by atomic mass is 9.65. The van der Waals surface area contributed by atoms with Crippen molar-refractivity contribution < 1.29 is 59.4 Å². The number of fused-ring (bicyclic) bond motifs is 9. The molecule has 8 unspecified atom stereocenters. The van der Waals surface area contributed by atoms with Gasteiger partial charge in [-0.2, -0.15) is 0 Å². The third kappa shape index (κ3) is 1.79. The van der Waals surface area contributed by atoms with Crippen LogP contribution < -0.4 is 5.22 Å². The number of hydrogen-bond acceptors (Lipinski definition) is 6. The molecule has 0 amide bonds. The fourth-order valence-electron chi connectivity index (χ4n) is 18.7. The van der Waals surface area contributed by atoms with Crippen molar-refractivity contribution in [3.05, 3.63) is 90.7 Å². The molecule has 8 atom stereocenters. The van der Waals surface area contributed by atoms with E-state index in [1.807, 2.05) is 0 Å². The predicted molar refractivity (Wildman–Crippen MR) is 211 cm³/mol. The van der Waals surface area contributed by atoms with Crippen molar-refractivity contribution in [2.75, 3.05) is 0 Å². The minimum absolute atomic E-state index is 0.217. The summed E-state index contributed by atoms with van der Waals surface area (Å²) in [5.74, 6) is -11.2. The van der Waals surface area contributed by atoms with Gasteiger partial charge in [-0.15, -0.1) is 0 Å². The van der Waals surface area contributed by atoms with Crippen LogP contribution in [0.5, 0.6) is 0 Å². The van der Waals surface area contributed by atoms with E-state index in [9.17, 15) is 59.4 Å². The van der Waals surface area contributed by atoms with Crippen LogP contribution in [0.1, 0.15) is 73.4 Å². The van der Waals surface area contributed by atoms with Gasteiger partial charge in [0.1, 0.15) is 0 Å². The summed E-state index contributed by atoms with van der Waals surface area (Å²) < 4.78 is 0. The average molecular weight is 799 g/mol. The third-order valence-electron chi connectivity index (χ3n) is 19.6. The van der Waals surface area contributed by atoms with E-state index >= 15 is 0 Å². The molecule has 7 aromatic rings. The van der Waals surface area contributed by atoms with Gasteiger partial charge in [0.15, 0.2) is 5.41 Å². The summed E-state index contributed by atoms with van der Waals surface area (Å²) in [7, 11) is 0. The van der Waals surface area contributed by atoms with Crippen LogP contribution >= 0.6 is 0 Å². The first-order valence-electron chi connectivity index (χ1n) is 20.5. The van der Waals surface area contributed by atoms with Crippen molar-refractivity contribution in [1.29, 1.82) is 0 Å². The standard InChI is InChI=1S/C49H18O12/c50-39(51)47(40(52)53)35-15-7-1-2-8-12-11(7)19-23(15)25-17(37(35)47)9-3-5-45-33-13(9)21(25)29-27(19)28-20(12)24-16(8)36-38(48(36,41(54)55)42(56)57)18-10-4-6-46(45,49(45,43(58)59)44(60)61)34-14(10)22(26(18)24)30(28)31(29)32(33)34/h1-8,11-12,15,23H,(H,50,51)(H,52,53)(H,54,55)(H,56,57)(H,58,59)(H,60,61). The third-order valence-corrected chi connectivity index (χ3v) is 19.6. The SMILES string of the molecule is O=C(O)C1(C(=O)O)C2=C1C1C3C4=c5c6c7c8c(c9c(c%10c%11c%12c%13c%14c%15c%16c(c2c3c%16c5c%14c6c%12c%108)C=CC%152C(C(=O)O)(C(=O)O)C%132C=C%11)C9(C(=O)O)C(=O)O)C2C=CC1C4C72. The summed E-state index contributed by atoms with van der Waals surface area (Å²) in [6.07, 6.45) is 11.0. The Balaban J connectivity index is 1.18. The van der Waals surface area contributed by atoms with Crippen LogP contribution in [-0.4, -0.2) is 66.5 Å². The minimum Gasteiger partial charge on any atom is -0.480 e. The van der Waals surface area contributed by atoms with E-state index in [1.54, 1.807) is 24.3 Å². The zero-order valence-electron chi connectivity index (χ0n) is 30.6. The van der Waals surface area contributed by atoms with Crippen LogP contribution in [0, 0.1) is 28.6 Å². The smallest absolute Gasteiger partial charge is 0.330 e. The van der Waals surface area contributed by atoms with Crippen LogP contribution in [0.15, 0.2) is 29.9 Å². The van der Waals surface area contributed by atoms with Crippen LogP contribution in [0.3, 0.4) is 0 Å². The van der Waals surface area contributed by atoms with Crippen LogP contribution in [-0.2, 0) is 45.0 Å². The Kier molecular flexibility index (Phi) is 3.28. The Labute approximate surface area is 335 Å². The molecule has 12 nitrogen and oxygen atoms in total. The second-order valence-corrected chi connectivity index (χ2v) is 20.0. The molecular formula is C49H18O12. The molecule has 61 heavy (non-hydrogen) atoms. The molecule has 2 saturated carbocycles. The van der Waals surface area contributed by atoms with E-state index < -0.39 is 80.6 Å². The monoisotopic (exact) mass is 798 g/mol. The van der Waals surface area contributed by atoms with Gasteiger partial charge in [0, 0.05) is 23.7 Å².